The standard InChI is InChI=1S/C20H24N2O3S/c1-15(2)20(23)22-11-10-18-12-17(8-9-19(18)22)13-21-26(24,25)14-16-6-4-3-5-7-16/h3-9,12,15,21H,10-11,13-14H2,1-2H3. The molecule has 138 valence electrons. The molecule has 0 aliphatic carbocycles. The van der Waals surface area contributed by atoms with Crippen LogP contribution in [0.1, 0.15) is 30.5 Å². The van der Waals surface area contributed by atoms with E-state index in [1.54, 1.807) is 12.1 Å². The van der Waals surface area contributed by atoms with E-state index in [0.29, 0.717) is 6.54 Å². The number of amides is 1. The SMILES string of the molecule is CC(C)C(=O)N1CCc2cc(CNS(=O)(=O)Cc3ccccc3)ccc21. The Hall–Kier alpha value is -2.18. The van der Waals surface area contributed by atoms with Gasteiger partial charge in [0.2, 0.25) is 15.9 Å². The summed E-state index contributed by atoms with van der Waals surface area (Å²) in [5.41, 5.74) is 3.70. The summed E-state index contributed by atoms with van der Waals surface area (Å²) in [6.45, 7) is 4.74. The van der Waals surface area contributed by atoms with Gasteiger partial charge >= 0.3 is 0 Å². The number of sulfonamides is 1. The first-order valence-electron chi connectivity index (χ1n) is 8.80. The highest BCUT2D eigenvalue weighted by Crippen LogP contribution is 2.30. The zero-order valence-electron chi connectivity index (χ0n) is 15.1. The lowest BCUT2D eigenvalue weighted by Crippen LogP contribution is -2.32. The van der Waals surface area contributed by atoms with Crippen molar-refractivity contribution in [2.45, 2.75) is 32.6 Å². The molecule has 2 aromatic carbocycles. The van der Waals surface area contributed by atoms with Crippen molar-refractivity contribution < 1.29 is 13.2 Å². The van der Waals surface area contributed by atoms with Crippen LogP contribution in [0.2, 0.25) is 0 Å². The Kier molecular flexibility index (Phi) is 5.44. The Morgan fingerprint density at radius 1 is 1.12 bits per heavy atom. The third-order valence-electron chi connectivity index (χ3n) is 4.50. The van der Waals surface area contributed by atoms with E-state index in [0.717, 1.165) is 28.8 Å². The van der Waals surface area contributed by atoms with Crippen molar-refractivity contribution >= 4 is 21.6 Å². The number of hydrogen-bond donors (Lipinski definition) is 1. The number of rotatable bonds is 6. The van der Waals surface area contributed by atoms with Crippen LogP contribution >= 0.6 is 0 Å². The minimum absolute atomic E-state index is 0.0323. The first kappa shape index (κ1) is 18.6. The van der Waals surface area contributed by atoms with E-state index in [9.17, 15) is 13.2 Å². The van der Waals surface area contributed by atoms with Crippen molar-refractivity contribution in [3.05, 3.63) is 65.2 Å². The molecule has 0 bridgehead atoms. The first-order valence-corrected chi connectivity index (χ1v) is 10.5. The van der Waals surface area contributed by atoms with Crippen LogP contribution in [-0.4, -0.2) is 20.9 Å². The highest BCUT2D eigenvalue weighted by molar-refractivity contribution is 7.88. The van der Waals surface area contributed by atoms with E-state index < -0.39 is 10.0 Å². The van der Waals surface area contributed by atoms with Crippen molar-refractivity contribution in [3.8, 4) is 0 Å². The average Bonchev–Trinajstić information content (AvgIpc) is 3.03. The molecule has 2 aromatic rings. The monoisotopic (exact) mass is 372 g/mol. The van der Waals surface area contributed by atoms with E-state index in [-0.39, 0.29) is 24.1 Å². The van der Waals surface area contributed by atoms with Crippen LogP contribution in [0.4, 0.5) is 5.69 Å². The van der Waals surface area contributed by atoms with Gasteiger partial charge in [0.05, 0.1) is 5.75 Å². The van der Waals surface area contributed by atoms with Gasteiger partial charge in [-0.15, -0.1) is 0 Å². The third-order valence-corrected chi connectivity index (χ3v) is 5.79. The van der Waals surface area contributed by atoms with Crippen molar-refractivity contribution in [3.63, 3.8) is 0 Å². The molecule has 1 N–H and O–H groups in total. The maximum Gasteiger partial charge on any atom is 0.229 e. The fourth-order valence-corrected chi connectivity index (χ4v) is 4.26. The van der Waals surface area contributed by atoms with Gasteiger partial charge in [-0.2, -0.15) is 0 Å². The van der Waals surface area contributed by atoms with Gasteiger partial charge in [0.15, 0.2) is 0 Å². The summed E-state index contributed by atoms with van der Waals surface area (Å²) in [7, 11) is -3.40. The lowest BCUT2D eigenvalue weighted by atomic mass is 10.1. The molecule has 0 unspecified atom stereocenters. The van der Waals surface area contributed by atoms with E-state index >= 15 is 0 Å². The second kappa shape index (κ2) is 7.60. The van der Waals surface area contributed by atoms with E-state index in [1.807, 2.05) is 55.1 Å². The summed E-state index contributed by atoms with van der Waals surface area (Å²) in [5.74, 6) is 0.0561. The van der Waals surface area contributed by atoms with Crippen LogP contribution in [0.15, 0.2) is 48.5 Å². The van der Waals surface area contributed by atoms with E-state index in [4.69, 9.17) is 0 Å². The Balaban J connectivity index is 1.66. The molecule has 0 atom stereocenters. The zero-order chi connectivity index (χ0) is 18.7. The summed E-state index contributed by atoms with van der Waals surface area (Å²) < 4.78 is 27.2. The average molecular weight is 372 g/mol. The molecule has 3 rings (SSSR count). The molecular formula is C20H24N2O3S. The Morgan fingerprint density at radius 3 is 2.54 bits per heavy atom. The van der Waals surface area contributed by atoms with Crippen molar-refractivity contribution in [1.29, 1.82) is 0 Å². The van der Waals surface area contributed by atoms with Crippen molar-refractivity contribution in [2.75, 3.05) is 11.4 Å². The lowest BCUT2D eigenvalue weighted by Gasteiger charge is -2.19. The van der Waals surface area contributed by atoms with Crippen LogP contribution in [0.3, 0.4) is 0 Å². The summed E-state index contributed by atoms with van der Waals surface area (Å²) in [5, 5.41) is 0. The van der Waals surface area contributed by atoms with Crippen molar-refractivity contribution in [1.82, 2.24) is 4.72 Å². The second-order valence-corrected chi connectivity index (χ2v) is 8.73. The van der Waals surface area contributed by atoms with Crippen LogP contribution < -0.4 is 9.62 Å². The Bertz CT molecular complexity index is 893. The highest BCUT2D eigenvalue weighted by atomic mass is 32.2. The summed E-state index contributed by atoms with van der Waals surface area (Å²) in [6.07, 6.45) is 0.804. The molecule has 0 aromatic heterocycles. The molecule has 0 saturated heterocycles. The molecule has 26 heavy (non-hydrogen) atoms. The molecule has 0 saturated carbocycles. The minimum atomic E-state index is -3.40. The summed E-state index contributed by atoms with van der Waals surface area (Å²) >= 11 is 0. The number of nitrogens with one attached hydrogen (secondary N) is 1. The number of carbonyl (C=O) groups is 1. The van der Waals surface area contributed by atoms with Crippen molar-refractivity contribution in [2.24, 2.45) is 5.92 Å². The molecule has 1 amide bonds. The maximum absolute atomic E-state index is 12.3. The second-order valence-electron chi connectivity index (χ2n) is 6.92. The number of fused-ring (bicyclic) bond motifs is 1. The van der Waals surface area contributed by atoms with Gasteiger partial charge in [-0.25, -0.2) is 13.1 Å². The predicted molar refractivity (Wildman–Crippen MR) is 103 cm³/mol. The van der Waals surface area contributed by atoms with E-state index in [1.165, 1.54) is 0 Å². The molecule has 1 aliphatic rings. The number of carbonyl (C=O) groups excluding carboxylic acids is 1. The van der Waals surface area contributed by atoms with Crippen LogP contribution in [0, 0.1) is 5.92 Å². The fraction of sp³-hybridized carbons (Fsp3) is 0.350. The quantitative estimate of drug-likeness (QED) is 0.848. The van der Waals surface area contributed by atoms with Crippen LogP contribution in [0.25, 0.3) is 0 Å². The van der Waals surface area contributed by atoms with Gasteiger partial charge < -0.3 is 4.90 Å². The molecule has 1 aliphatic heterocycles. The molecule has 1 heterocycles. The summed E-state index contributed by atoms with van der Waals surface area (Å²) in [6, 6.07) is 14.9. The van der Waals surface area contributed by atoms with E-state index in [2.05, 4.69) is 4.72 Å². The van der Waals surface area contributed by atoms with Gasteiger partial charge in [0.1, 0.15) is 0 Å². The van der Waals surface area contributed by atoms with Crippen LogP contribution in [-0.2, 0) is 33.5 Å². The third kappa shape index (κ3) is 4.31. The zero-order valence-corrected chi connectivity index (χ0v) is 15.9. The van der Waals surface area contributed by atoms with Gasteiger partial charge in [0.25, 0.3) is 0 Å². The smallest absolute Gasteiger partial charge is 0.229 e. The highest BCUT2D eigenvalue weighted by Gasteiger charge is 2.26. The minimum Gasteiger partial charge on any atom is -0.312 e. The molecule has 0 spiro atoms. The number of benzene rings is 2. The molecule has 5 nitrogen and oxygen atoms in total. The van der Waals surface area contributed by atoms with Gasteiger partial charge in [-0.1, -0.05) is 56.3 Å². The fourth-order valence-electron chi connectivity index (χ4n) is 3.14. The van der Waals surface area contributed by atoms with Crippen LogP contribution in [0.5, 0.6) is 0 Å². The molecule has 0 radical (unpaired) electrons. The first-order chi connectivity index (χ1) is 12.4. The van der Waals surface area contributed by atoms with Gasteiger partial charge in [-0.3, -0.25) is 4.79 Å². The Morgan fingerprint density at radius 2 is 1.85 bits per heavy atom. The number of anilines is 1. The molecular weight excluding hydrogens is 348 g/mol. The lowest BCUT2D eigenvalue weighted by molar-refractivity contribution is -0.121. The predicted octanol–water partition coefficient (Wildman–Crippen LogP) is 2.85. The maximum atomic E-state index is 12.3. The Labute approximate surface area is 155 Å². The largest absolute Gasteiger partial charge is 0.312 e. The summed E-state index contributed by atoms with van der Waals surface area (Å²) in [4.78, 5) is 14.1. The number of nitrogens with zero attached hydrogens (tertiary/aromatic N) is 1. The number of hydrogen-bond acceptors (Lipinski definition) is 3. The topological polar surface area (TPSA) is 66.5 Å². The van der Waals surface area contributed by atoms with Gasteiger partial charge in [-0.05, 0) is 29.2 Å². The molecule has 6 heteroatoms. The molecule has 0 fully saturated rings. The normalized spacial score (nSPS) is 13.9. The van der Waals surface area contributed by atoms with Gasteiger partial charge in [0, 0.05) is 24.7 Å².